The predicted octanol–water partition coefficient (Wildman–Crippen LogP) is 0.992. The van der Waals surface area contributed by atoms with Gasteiger partial charge in [-0.05, 0) is 30.3 Å². The van der Waals surface area contributed by atoms with Crippen molar-refractivity contribution in [2.45, 2.75) is 11.5 Å². The Morgan fingerprint density at radius 3 is 2.34 bits per heavy atom. The number of hydrogen-bond donors (Lipinski definition) is 2. The summed E-state index contributed by atoms with van der Waals surface area (Å²) in [6, 6.07) is 7.31. The van der Waals surface area contributed by atoms with Crippen molar-refractivity contribution in [1.29, 1.82) is 0 Å². The lowest BCUT2D eigenvalue weighted by Crippen LogP contribution is -2.65. The van der Waals surface area contributed by atoms with Crippen LogP contribution in [0, 0.1) is 0 Å². The maximum Gasteiger partial charge on any atom is 0.275 e. The van der Waals surface area contributed by atoms with Crippen LogP contribution in [0.5, 0.6) is 0 Å². The molecule has 1 heterocycles. The van der Waals surface area contributed by atoms with Crippen molar-refractivity contribution in [2.75, 3.05) is 45.8 Å². The zero-order valence-corrected chi connectivity index (χ0v) is 19.7. The normalized spacial score (nSPS) is 20.7. The van der Waals surface area contributed by atoms with Crippen molar-refractivity contribution in [3.8, 4) is 0 Å². The molecule has 0 fully saturated rings. The molecule has 2 aromatic rings. The third-order valence-electron chi connectivity index (χ3n) is 5.68. The lowest BCUT2D eigenvalue weighted by molar-refractivity contribution is -0.284. The highest BCUT2D eigenvalue weighted by atomic mass is 32.2. The van der Waals surface area contributed by atoms with Crippen LogP contribution in [0.4, 0.5) is 5.69 Å². The van der Waals surface area contributed by atoms with Crippen molar-refractivity contribution >= 4 is 26.6 Å². The van der Waals surface area contributed by atoms with Gasteiger partial charge in [0.25, 0.3) is 15.8 Å². The number of benzene rings is 1. The predicted molar refractivity (Wildman–Crippen MR) is 122 cm³/mol. The topological polar surface area (TPSA) is 131 Å². The second kappa shape index (κ2) is 8.85. The van der Waals surface area contributed by atoms with Gasteiger partial charge in [-0.2, -0.15) is 0 Å². The number of sulfonamides is 1. The minimum atomic E-state index is -4.11. The first-order valence-corrected chi connectivity index (χ1v) is 11.3. The van der Waals surface area contributed by atoms with Gasteiger partial charge in [0, 0.05) is 64.6 Å². The van der Waals surface area contributed by atoms with E-state index in [1.54, 1.807) is 12.1 Å². The number of rotatable bonds is 9. The van der Waals surface area contributed by atoms with Crippen LogP contribution in [-0.2, 0) is 36.0 Å². The fourth-order valence-electron chi connectivity index (χ4n) is 3.96. The number of ether oxygens (including phenoxy) is 4. The van der Waals surface area contributed by atoms with E-state index in [0.29, 0.717) is 5.69 Å². The van der Waals surface area contributed by atoms with Crippen LogP contribution < -0.4 is 15.8 Å². The molecule has 11 heteroatoms. The maximum atomic E-state index is 13.8. The second-order valence-electron chi connectivity index (χ2n) is 7.32. The molecular formula is C21H30N4O6S. The number of aryl methyl sites for hydroxylation is 1. The van der Waals surface area contributed by atoms with Gasteiger partial charge in [0.2, 0.25) is 0 Å². The lowest BCUT2D eigenvalue weighted by Gasteiger charge is -2.45. The van der Waals surface area contributed by atoms with Crippen LogP contribution in [0.15, 0.2) is 53.3 Å². The van der Waals surface area contributed by atoms with Gasteiger partial charge in [0.15, 0.2) is 11.5 Å². The van der Waals surface area contributed by atoms with Crippen LogP contribution in [0.2, 0.25) is 0 Å². The summed E-state index contributed by atoms with van der Waals surface area (Å²) in [5, 5.41) is 0.899. The van der Waals surface area contributed by atoms with E-state index in [-0.39, 0.29) is 23.8 Å². The summed E-state index contributed by atoms with van der Waals surface area (Å²) in [5.41, 5.74) is 11.8. The first-order valence-electron chi connectivity index (χ1n) is 9.85. The maximum absolute atomic E-state index is 13.8. The Balaban J connectivity index is 2.16. The third-order valence-corrected chi connectivity index (χ3v) is 7.48. The number of hydrogen-bond acceptors (Lipinski definition) is 8. The highest BCUT2D eigenvalue weighted by Crippen LogP contribution is 2.41. The van der Waals surface area contributed by atoms with E-state index in [0.717, 1.165) is 10.9 Å². The first-order chi connectivity index (χ1) is 15.1. The molecule has 0 bridgehead atoms. The molecule has 176 valence electrons. The Morgan fingerprint density at radius 2 is 1.78 bits per heavy atom. The molecule has 0 aliphatic heterocycles. The van der Waals surface area contributed by atoms with E-state index >= 15 is 0 Å². The van der Waals surface area contributed by atoms with Crippen LogP contribution in [-0.4, -0.2) is 66.0 Å². The van der Waals surface area contributed by atoms with Gasteiger partial charge in [-0.1, -0.05) is 0 Å². The van der Waals surface area contributed by atoms with Crippen molar-refractivity contribution in [1.82, 2.24) is 4.57 Å². The number of nitrogens with zero attached hydrogens (tertiary/aromatic N) is 2. The fraction of sp³-hybridized carbons (Fsp3) is 0.429. The largest absolute Gasteiger partial charge is 0.495 e. The van der Waals surface area contributed by atoms with Gasteiger partial charge < -0.3 is 29.2 Å². The zero-order valence-electron chi connectivity index (χ0n) is 18.9. The average Bonchev–Trinajstić information content (AvgIpc) is 3.16. The third kappa shape index (κ3) is 3.60. The monoisotopic (exact) mass is 466 g/mol. The van der Waals surface area contributed by atoms with Crippen molar-refractivity contribution in [3.63, 3.8) is 0 Å². The first kappa shape index (κ1) is 24.2. The van der Waals surface area contributed by atoms with Gasteiger partial charge in [0.05, 0.1) is 17.7 Å². The van der Waals surface area contributed by atoms with Gasteiger partial charge in [0.1, 0.15) is 0 Å². The van der Waals surface area contributed by atoms with E-state index < -0.39 is 21.5 Å². The van der Waals surface area contributed by atoms with E-state index in [2.05, 4.69) is 0 Å². The van der Waals surface area contributed by atoms with Gasteiger partial charge >= 0.3 is 0 Å². The summed E-state index contributed by atoms with van der Waals surface area (Å²) in [6.45, 7) is 0.163. The molecule has 1 aromatic carbocycles. The molecule has 0 saturated heterocycles. The minimum absolute atomic E-state index is 0.0409. The standard InChI is InChI=1S/C21H30N4O6S/c1-24-10-8-15-12-16(6-7-18(15)24)25(11-9-22)32(26,27)17-13-19(28-2)21(30-4,31-5)20(23,14-17)29-3/h6-8,10,12-14H,9,11,22-23H2,1-5H3. The average molecular weight is 467 g/mol. The smallest absolute Gasteiger partial charge is 0.275 e. The van der Waals surface area contributed by atoms with Gasteiger partial charge in [-0.25, -0.2) is 8.42 Å². The van der Waals surface area contributed by atoms with Gasteiger partial charge in [-0.15, -0.1) is 0 Å². The van der Waals surface area contributed by atoms with Crippen molar-refractivity contribution in [2.24, 2.45) is 18.5 Å². The molecule has 10 nitrogen and oxygen atoms in total. The number of fused-ring (bicyclic) bond motifs is 1. The molecule has 1 aliphatic rings. The Labute approximate surface area is 188 Å². The summed E-state index contributed by atoms with van der Waals surface area (Å²) >= 11 is 0. The van der Waals surface area contributed by atoms with E-state index in [1.807, 2.05) is 29.9 Å². The number of methoxy groups -OCH3 is 4. The van der Waals surface area contributed by atoms with Crippen molar-refractivity contribution in [3.05, 3.63) is 53.3 Å². The summed E-state index contributed by atoms with van der Waals surface area (Å²) in [5.74, 6) is -1.64. The fourth-order valence-corrected chi connectivity index (χ4v) is 5.53. The van der Waals surface area contributed by atoms with Gasteiger partial charge in [-0.3, -0.25) is 10.0 Å². The number of anilines is 1. The molecule has 1 atom stereocenters. The molecule has 0 radical (unpaired) electrons. The molecular weight excluding hydrogens is 436 g/mol. The Kier molecular flexibility index (Phi) is 6.70. The lowest BCUT2D eigenvalue weighted by atomic mass is 9.95. The molecule has 4 N–H and O–H groups in total. The summed E-state index contributed by atoms with van der Waals surface area (Å²) in [4.78, 5) is -0.134. The summed E-state index contributed by atoms with van der Waals surface area (Å²) < 4.78 is 52.6. The molecule has 1 unspecified atom stereocenters. The molecule has 1 aromatic heterocycles. The molecule has 32 heavy (non-hydrogen) atoms. The summed E-state index contributed by atoms with van der Waals surface area (Å²) in [6.07, 6.45) is 4.48. The Morgan fingerprint density at radius 1 is 1.09 bits per heavy atom. The second-order valence-corrected chi connectivity index (χ2v) is 9.18. The van der Waals surface area contributed by atoms with Crippen LogP contribution in [0.3, 0.4) is 0 Å². The summed E-state index contributed by atoms with van der Waals surface area (Å²) in [7, 11) is 3.22. The van der Waals surface area contributed by atoms with E-state index in [9.17, 15) is 8.42 Å². The van der Waals surface area contributed by atoms with Crippen LogP contribution >= 0.6 is 0 Å². The molecule has 0 amide bonds. The number of nitrogens with two attached hydrogens (primary N) is 2. The van der Waals surface area contributed by atoms with Crippen LogP contribution in [0.1, 0.15) is 0 Å². The minimum Gasteiger partial charge on any atom is -0.495 e. The number of aromatic nitrogens is 1. The quantitative estimate of drug-likeness (QED) is 0.523. The van der Waals surface area contributed by atoms with E-state index in [4.69, 9.17) is 30.4 Å². The Hall–Kier alpha value is -2.41. The zero-order chi connectivity index (χ0) is 23.7. The van der Waals surface area contributed by atoms with Crippen LogP contribution in [0.25, 0.3) is 10.9 Å². The highest BCUT2D eigenvalue weighted by molar-refractivity contribution is 7.96. The SMILES string of the molecule is COC1=CC(S(=O)(=O)N(CCN)c2ccc3c(ccn3C)c2)=CC(N)(OC)C1(OC)OC. The molecule has 0 spiro atoms. The molecule has 1 aliphatic carbocycles. The Bertz CT molecular complexity index is 1150. The van der Waals surface area contributed by atoms with E-state index in [1.165, 1.54) is 44.9 Å². The highest BCUT2D eigenvalue weighted by Gasteiger charge is 2.57. The molecule has 3 rings (SSSR count). The molecule has 0 saturated carbocycles. The van der Waals surface area contributed by atoms with Crippen molar-refractivity contribution < 1.29 is 27.4 Å². The number of allylic oxidation sites excluding steroid dienone is 1.